The molecule has 3 nitrogen and oxygen atoms in total. The first-order valence-corrected chi connectivity index (χ1v) is 5.02. The van der Waals surface area contributed by atoms with Crippen LogP contribution < -0.4 is 0 Å². The Bertz CT molecular complexity index is 370. The van der Waals surface area contributed by atoms with E-state index in [9.17, 15) is 10.1 Å². The summed E-state index contributed by atoms with van der Waals surface area (Å²) in [6.07, 6.45) is 0. The third kappa shape index (κ3) is 2.55. The number of nitro benzene ring substituents is 1. The summed E-state index contributed by atoms with van der Waals surface area (Å²) in [5.74, 6) is 1.27. The molecule has 0 fully saturated rings. The second-order valence-corrected chi connectivity index (χ2v) is 4.19. The Labute approximate surface area is 90.3 Å². The van der Waals surface area contributed by atoms with Gasteiger partial charge in [0.1, 0.15) is 0 Å². The number of hydrogen-bond acceptors (Lipinski definition) is 2. The first kappa shape index (κ1) is 11.7. The molecule has 0 aromatic heterocycles. The summed E-state index contributed by atoms with van der Waals surface area (Å²) in [6, 6.07) is 5.45. The van der Waals surface area contributed by atoms with Crippen LogP contribution in [0.5, 0.6) is 0 Å². The van der Waals surface area contributed by atoms with Crippen LogP contribution in [0.2, 0.25) is 0 Å². The van der Waals surface area contributed by atoms with Crippen LogP contribution in [0.15, 0.2) is 18.2 Å². The molecule has 0 aliphatic heterocycles. The predicted molar refractivity (Wildman–Crippen MR) is 60.9 cm³/mol. The lowest BCUT2D eigenvalue weighted by Gasteiger charge is -2.09. The summed E-state index contributed by atoms with van der Waals surface area (Å²) in [5.41, 5.74) is 1.96. The van der Waals surface area contributed by atoms with E-state index in [1.54, 1.807) is 6.07 Å². The maximum absolute atomic E-state index is 10.9. The minimum absolute atomic E-state index is 0.177. The molecule has 0 spiro atoms. The molecule has 81 valence electrons. The summed E-state index contributed by atoms with van der Waals surface area (Å²) in [5, 5.41) is 10.9. The Hall–Kier alpha value is -1.38. The van der Waals surface area contributed by atoms with Crippen molar-refractivity contribution in [3.05, 3.63) is 45.4 Å². The van der Waals surface area contributed by atoms with E-state index in [1.165, 1.54) is 0 Å². The molecule has 0 unspecified atom stereocenters. The Morgan fingerprint density at radius 2 is 1.93 bits per heavy atom. The highest BCUT2D eigenvalue weighted by molar-refractivity contribution is 5.48. The highest BCUT2D eigenvalue weighted by Crippen LogP contribution is 2.29. The van der Waals surface area contributed by atoms with E-state index in [2.05, 4.69) is 0 Å². The molecule has 1 rings (SSSR count). The topological polar surface area (TPSA) is 43.1 Å². The zero-order chi connectivity index (χ0) is 11.6. The van der Waals surface area contributed by atoms with Gasteiger partial charge in [-0.25, -0.2) is 0 Å². The van der Waals surface area contributed by atoms with Gasteiger partial charge < -0.3 is 0 Å². The second-order valence-electron chi connectivity index (χ2n) is 4.19. The average molecular weight is 206 g/mol. The van der Waals surface area contributed by atoms with Crippen molar-refractivity contribution in [2.75, 3.05) is 0 Å². The number of nitro groups is 1. The van der Waals surface area contributed by atoms with Crippen LogP contribution in [-0.2, 0) is 0 Å². The first-order valence-electron chi connectivity index (χ1n) is 5.02. The lowest BCUT2D eigenvalue weighted by atomic mass is 9.95. The fraction of sp³-hybridized carbons (Fsp3) is 0.417. The van der Waals surface area contributed by atoms with Gasteiger partial charge in [0, 0.05) is 11.6 Å². The highest BCUT2D eigenvalue weighted by atomic mass is 16.6. The first-order chi connectivity index (χ1) is 6.93. The molecule has 0 aliphatic carbocycles. The molecule has 1 radical (unpaired) electrons. The van der Waals surface area contributed by atoms with Gasteiger partial charge in [-0.05, 0) is 17.4 Å². The van der Waals surface area contributed by atoms with Crippen LogP contribution in [-0.4, -0.2) is 4.92 Å². The Morgan fingerprint density at radius 1 is 1.33 bits per heavy atom. The molecule has 1 aromatic carbocycles. The van der Waals surface area contributed by atoms with Crippen LogP contribution in [0.1, 0.15) is 44.7 Å². The van der Waals surface area contributed by atoms with E-state index in [0.29, 0.717) is 0 Å². The van der Waals surface area contributed by atoms with Gasteiger partial charge in [-0.3, -0.25) is 10.1 Å². The summed E-state index contributed by atoms with van der Waals surface area (Å²) in [4.78, 5) is 10.6. The van der Waals surface area contributed by atoms with Gasteiger partial charge in [0.2, 0.25) is 0 Å². The Morgan fingerprint density at radius 3 is 2.33 bits per heavy atom. The van der Waals surface area contributed by atoms with E-state index in [-0.39, 0.29) is 16.5 Å². The monoisotopic (exact) mass is 206 g/mol. The van der Waals surface area contributed by atoms with Crippen molar-refractivity contribution in [1.82, 2.24) is 0 Å². The van der Waals surface area contributed by atoms with Crippen LogP contribution in [0, 0.1) is 16.0 Å². The van der Waals surface area contributed by atoms with E-state index < -0.39 is 0 Å². The largest absolute Gasteiger partial charge is 0.273 e. The van der Waals surface area contributed by atoms with Gasteiger partial charge >= 0.3 is 0 Å². The smallest absolute Gasteiger partial charge is 0.258 e. The SMILES string of the molecule is C[C](C)c1ccc(C(C)C)c([N+](=O)[O-])c1. The molecule has 1 aromatic rings. The molecule has 0 atom stereocenters. The lowest BCUT2D eigenvalue weighted by Crippen LogP contribution is -1.99. The minimum Gasteiger partial charge on any atom is -0.258 e. The number of rotatable bonds is 3. The van der Waals surface area contributed by atoms with Crippen LogP contribution >= 0.6 is 0 Å². The van der Waals surface area contributed by atoms with E-state index in [1.807, 2.05) is 39.8 Å². The van der Waals surface area contributed by atoms with Gasteiger partial charge in [0.25, 0.3) is 5.69 Å². The summed E-state index contributed by atoms with van der Waals surface area (Å²) >= 11 is 0. The van der Waals surface area contributed by atoms with Crippen LogP contribution in [0.25, 0.3) is 0 Å². The molecule has 15 heavy (non-hydrogen) atoms. The zero-order valence-corrected chi connectivity index (χ0v) is 9.57. The Kier molecular flexibility index (Phi) is 3.45. The minimum atomic E-state index is -0.304. The van der Waals surface area contributed by atoms with Gasteiger partial charge in [-0.1, -0.05) is 39.8 Å². The summed E-state index contributed by atoms with van der Waals surface area (Å²) in [6.45, 7) is 7.83. The standard InChI is InChI=1S/C12H16NO2/c1-8(2)10-5-6-11(9(3)4)12(7-10)13(14)15/h5-7,9H,1-4H3. The van der Waals surface area contributed by atoms with Crippen molar-refractivity contribution < 1.29 is 4.92 Å². The highest BCUT2D eigenvalue weighted by Gasteiger charge is 2.17. The second kappa shape index (κ2) is 4.43. The van der Waals surface area contributed by atoms with Crippen molar-refractivity contribution in [2.45, 2.75) is 33.6 Å². The van der Waals surface area contributed by atoms with E-state index in [0.717, 1.165) is 17.0 Å². The van der Waals surface area contributed by atoms with Gasteiger partial charge in [-0.2, -0.15) is 0 Å². The number of hydrogen-bond donors (Lipinski definition) is 0. The summed E-state index contributed by atoms with van der Waals surface area (Å²) < 4.78 is 0. The maximum atomic E-state index is 10.9. The lowest BCUT2D eigenvalue weighted by molar-refractivity contribution is -0.385. The van der Waals surface area contributed by atoms with Crippen molar-refractivity contribution in [2.24, 2.45) is 0 Å². The van der Waals surface area contributed by atoms with Gasteiger partial charge in [-0.15, -0.1) is 0 Å². The third-order valence-corrected chi connectivity index (χ3v) is 2.43. The van der Waals surface area contributed by atoms with Crippen LogP contribution in [0.3, 0.4) is 0 Å². The fourth-order valence-electron chi connectivity index (χ4n) is 1.50. The molecule has 0 bridgehead atoms. The average Bonchev–Trinajstić information content (AvgIpc) is 2.16. The van der Waals surface area contributed by atoms with Crippen molar-refractivity contribution in [3.8, 4) is 0 Å². The predicted octanol–water partition coefficient (Wildman–Crippen LogP) is 3.68. The third-order valence-electron chi connectivity index (χ3n) is 2.43. The molecule has 0 N–H and O–H groups in total. The molecule has 0 saturated heterocycles. The number of nitrogens with zero attached hydrogens (tertiary/aromatic N) is 1. The molecule has 0 aliphatic rings. The van der Waals surface area contributed by atoms with E-state index >= 15 is 0 Å². The van der Waals surface area contributed by atoms with Crippen molar-refractivity contribution >= 4 is 5.69 Å². The molecule has 3 heteroatoms. The molecule has 0 amide bonds. The Balaban J connectivity index is 3.27. The fourth-order valence-corrected chi connectivity index (χ4v) is 1.50. The molecular weight excluding hydrogens is 190 g/mol. The normalized spacial score (nSPS) is 11.1. The quantitative estimate of drug-likeness (QED) is 0.559. The molecular formula is C12H16NO2. The van der Waals surface area contributed by atoms with Gasteiger partial charge in [0.15, 0.2) is 0 Å². The summed E-state index contributed by atoms with van der Waals surface area (Å²) in [7, 11) is 0. The molecule has 0 heterocycles. The maximum Gasteiger partial charge on any atom is 0.273 e. The number of benzene rings is 1. The van der Waals surface area contributed by atoms with Crippen molar-refractivity contribution in [1.29, 1.82) is 0 Å². The zero-order valence-electron chi connectivity index (χ0n) is 9.57. The van der Waals surface area contributed by atoms with Crippen LogP contribution in [0.4, 0.5) is 5.69 Å². The van der Waals surface area contributed by atoms with Gasteiger partial charge in [0.05, 0.1) is 4.92 Å². The molecule has 0 saturated carbocycles. The van der Waals surface area contributed by atoms with E-state index in [4.69, 9.17) is 0 Å². The van der Waals surface area contributed by atoms with Crippen molar-refractivity contribution in [3.63, 3.8) is 0 Å².